The normalized spacial score (nSPS) is 11.7. The number of carbonyl (C=O) groups excluding carboxylic acids is 1. The molecule has 0 bridgehead atoms. The number of imidazole rings is 1. The highest BCUT2D eigenvalue weighted by atomic mass is 35.5. The molecule has 96 valence electrons. The minimum absolute atomic E-state index is 0.0767. The van der Waals surface area contributed by atoms with Crippen LogP contribution in [0.15, 0.2) is 23.0 Å². The maximum Gasteiger partial charge on any atom is 0.323 e. The first-order chi connectivity index (χ1) is 8.42. The molecule has 1 heterocycles. The number of benzene rings is 1. The smallest absolute Gasteiger partial charge is 0.323 e. The van der Waals surface area contributed by atoms with Gasteiger partial charge in [0.2, 0.25) is 5.91 Å². The summed E-state index contributed by atoms with van der Waals surface area (Å²) in [5, 5.41) is 2.82. The predicted octanol–water partition coefficient (Wildman–Crippen LogP) is 1.45. The lowest BCUT2D eigenvalue weighted by atomic mass is 9.94. The third kappa shape index (κ3) is 2.41. The van der Waals surface area contributed by atoms with Crippen molar-refractivity contribution in [1.82, 2.24) is 15.3 Å². The number of hydrogen-bond donors (Lipinski definition) is 3. The fourth-order valence-electron chi connectivity index (χ4n) is 1.88. The summed E-state index contributed by atoms with van der Waals surface area (Å²) in [7, 11) is 0. The van der Waals surface area contributed by atoms with Gasteiger partial charge in [-0.25, -0.2) is 4.79 Å². The summed E-state index contributed by atoms with van der Waals surface area (Å²) in [5.74, 6) is -0.309. The van der Waals surface area contributed by atoms with Crippen molar-refractivity contribution < 1.29 is 4.79 Å². The predicted molar refractivity (Wildman–Crippen MR) is 70.8 cm³/mol. The number of amides is 1. The van der Waals surface area contributed by atoms with Crippen LogP contribution in [0, 0.1) is 0 Å². The van der Waals surface area contributed by atoms with E-state index in [4.69, 9.17) is 11.6 Å². The van der Waals surface area contributed by atoms with Crippen LogP contribution < -0.4 is 11.0 Å². The number of aromatic amines is 2. The third-order valence-electron chi connectivity index (χ3n) is 2.81. The van der Waals surface area contributed by atoms with Gasteiger partial charge in [0.1, 0.15) is 5.88 Å². The standard InChI is InChI=1S/C12H14ClN3O2/c1-12(2,16-10(17)6-13)7-3-4-8-9(5-7)15-11(18)14-8/h3-5H,6H2,1-2H3,(H,16,17)(H2,14,15,18). The maximum absolute atomic E-state index is 11.4. The number of nitrogens with one attached hydrogen (secondary N) is 3. The van der Waals surface area contributed by atoms with Crippen LogP contribution in [0.5, 0.6) is 0 Å². The van der Waals surface area contributed by atoms with Crippen LogP contribution in [0.3, 0.4) is 0 Å². The summed E-state index contributed by atoms with van der Waals surface area (Å²) in [6, 6.07) is 5.50. The molecule has 0 saturated carbocycles. The first-order valence-electron chi connectivity index (χ1n) is 5.52. The van der Waals surface area contributed by atoms with Crippen LogP contribution in [0.1, 0.15) is 19.4 Å². The zero-order valence-corrected chi connectivity index (χ0v) is 10.9. The molecule has 6 heteroatoms. The van der Waals surface area contributed by atoms with E-state index in [-0.39, 0.29) is 17.5 Å². The number of hydrogen-bond acceptors (Lipinski definition) is 2. The van der Waals surface area contributed by atoms with Crippen LogP contribution in [0.4, 0.5) is 0 Å². The molecule has 3 N–H and O–H groups in total. The molecule has 18 heavy (non-hydrogen) atoms. The van der Waals surface area contributed by atoms with Gasteiger partial charge < -0.3 is 15.3 Å². The Morgan fingerprint density at radius 1 is 1.33 bits per heavy atom. The molecule has 0 radical (unpaired) electrons. The van der Waals surface area contributed by atoms with E-state index >= 15 is 0 Å². The monoisotopic (exact) mass is 267 g/mol. The lowest BCUT2D eigenvalue weighted by Gasteiger charge is -2.26. The molecular formula is C12H14ClN3O2. The number of rotatable bonds is 3. The second-order valence-corrected chi connectivity index (χ2v) is 4.91. The molecule has 0 aliphatic carbocycles. The van der Waals surface area contributed by atoms with Crippen molar-refractivity contribution >= 4 is 28.5 Å². The Morgan fingerprint density at radius 2 is 2.00 bits per heavy atom. The molecule has 5 nitrogen and oxygen atoms in total. The molecule has 1 aromatic carbocycles. The molecule has 0 atom stereocenters. The van der Waals surface area contributed by atoms with Crippen LogP contribution in [0.2, 0.25) is 0 Å². The zero-order chi connectivity index (χ0) is 13.3. The Kier molecular flexibility index (Phi) is 3.17. The lowest BCUT2D eigenvalue weighted by molar-refractivity contribution is -0.120. The highest BCUT2D eigenvalue weighted by Gasteiger charge is 2.22. The fraction of sp³-hybridized carbons (Fsp3) is 0.333. The minimum Gasteiger partial charge on any atom is -0.346 e. The number of alkyl halides is 1. The van der Waals surface area contributed by atoms with Crippen molar-refractivity contribution in [3.8, 4) is 0 Å². The summed E-state index contributed by atoms with van der Waals surface area (Å²) >= 11 is 5.48. The van der Waals surface area contributed by atoms with Crippen molar-refractivity contribution in [3.05, 3.63) is 34.2 Å². The van der Waals surface area contributed by atoms with Crippen LogP contribution in [0.25, 0.3) is 11.0 Å². The molecule has 0 unspecified atom stereocenters. The second kappa shape index (κ2) is 4.49. The van der Waals surface area contributed by atoms with E-state index < -0.39 is 5.54 Å². The van der Waals surface area contributed by atoms with Crippen molar-refractivity contribution in [3.63, 3.8) is 0 Å². The number of fused-ring (bicyclic) bond motifs is 1. The Morgan fingerprint density at radius 3 is 2.67 bits per heavy atom. The van der Waals surface area contributed by atoms with Gasteiger partial charge in [-0.15, -0.1) is 11.6 Å². The average molecular weight is 268 g/mol. The number of aromatic nitrogens is 2. The van der Waals surface area contributed by atoms with Gasteiger partial charge in [-0.2, -0.15) is 0 Å². The summed E-state index contributed by atoms with van der Waals surface area (Å²) in [5.41, 5.74) is 1.55. The Hall–Kier alpha value is -1.75. The van der Waals surface area contributed by atoms with E-state index in [0.29, 0.717) is 5.52 Å². The van der Waals surface area contributed by atoms with E-state index in [1.807, 2.05) is 26.0 Å². The van der Waals surface area contributed by atoms with Crippen LogP contribution in [-0.4, -0.2) is 21.8 Å². The van der Waals surface area contributed by atoms with E-state index in [9.17, 15) is 9.59 Å². The van der Waals surface area contributed by atoms with E-state index in [2.05, 4.69) is 15.3 Å². The van der Waals surface area contributed by atoms with Crippen molar-refractivity contribution in [2.45, 2.75) is 19.4 Å². The fourth-order valence-corrected chi connectivity index (χ4v) is 1.94. The van der Waals surface area contributed by atoms with Gasteiger partial charge in [-0.3, -0.25) is 4.79 Å². The number of carbonyl (C=O) groups is 1. The largest absolute Gasteiger partial charge is 0.346 e. The molecule has 2 aromatic rings. The molecule has 0 saturated heterocycles. The quantitative estimate of drug-likeness (QED) is 0.736. The van der Waals surface area contributed by atoms with Crippen molar-refractivity contribution in [2.75, 3.05) is 5.88 Å². The van der Waals surface area contributed by atoms with E-state index in [0.717, 1.165) is 11.1 Å². The van der Waals surface area contributed by atoms with Gasteiger partial charge in [0.05, 0.1) is 16.6 Å². The summed E-state index contributed by atoms with van der Waals surface area (Å²) in [6.45, 7) is 3.76. The van der Waals surface area contributed by atoms with Crippen molar-refractivity contribution in [1.29, 1.82) is 0 Å². The zero-order valence-electron chi connectivity index (χ0n) is 10.1. The minimum atomic E-state index is -0.547. The van der Waals surface area contributed by atoms with Gasteiger partial charge in [0.15, 0.2) is 0 Å². The summed E-state index contributed by atoms with van der Waals surface area (Å²) in [6.07, 6.45) is 0. The molecule has 0 spiro atoms. The summed E-state index contributed by atoms with van der Waals surface area (Å²) < 4.78 is 0. The van der Waals surface area contributed by atoms with Crippen molar-refractivity contribution in [2.24, 2.45) is 0 Å². The van der Waals surface area contributed by atoms with Gasteiger partial charge in [-0.1, -0.05) is 6.07 Å². The molecule has 0 aliphatic heterocycles. The van der Waals surface area contributed by atoms with Gasteiger partial charge >= 0.3 is 5.69 Å². The SMILES string of the molecule is CC(C)(NC(=O)CCl)c1ccc2[nH]c(=O)[nH]c2c1. The highest BCUT2D eigenvalue weighted by Crippen LogP contribution is 2.22. The number of H-pyrrole nitrogens is 2. The van der Waals surface area contributed by atoms with E-state index in [1.54, 1.807) is 6.07 Å². The Labute approximate surface area is 109 Å². The summed E-state index contributed by atoms with van der Waals surface area (Å²) in [4.78, 5) is 27.9. The highest BCUT2D eigenvalue weighted by molar-refractivity contribution is 6.27. The van der Waals surface area contributed by atoms with Crippen LogP contribution >= 0.6 is 11.6 Å². The van der Waals surface area contributed by atoms with E-state index in [1.165, 1.54) is 0 Å². The molecule has 2 rings (SSSR count). The second-order valence-electron chi connectivity index (χ2n) is 4.65. The third-order valence-corrected chi connectivity index (χ3v) is 3.05. The molecule has 0 fully saturated rings. The molecule has 0 aliphatic rings. The van der Waals surface area contributed by atoms with Crippen LogP contribution in [-0.2, 0) is 10.3 Å². The molecular weight excluding hydrogens is 254 g/mol. The molecule has 1 aromatic heterocycles. The lowest BCUT2D eigenvalue weighted by Crippen LogP contribution is -2.41. The average Bonchev–Trinajstić information content (AvgIpc) is 2.67. The molecule has 1 amide bonds. The first-order valence-corrected chi connectivity index (χ1v) is 6.05. The first kappa shape index (κ1) is 12.7. The topological polar surface area (TPSA) is 77.8 Å². The van der Waals surface area contributed by atoms with Gasteiger partial charge in [-0.05, 0) is 31.5 Å². The van der Waals surface area contributed by atoms with Gasteiger partial charge in [0, 0.05) is 0 Å². The Bertz CT molecular complexity index is 642. The Balaban J connectivity index is 2.40. The number of halogens is 1. The maximum atomic E-state index is 11.4. The van der Waals surface area contributed by atoms with Gasteiger partial charge in [0.25, 0.3) is 0 Å².